The lowest BCUT2D eigenvalue weighted by Gasteiger charge is -2.11. The highest BCUT2D eigenvalue weighted by Crippen LogP contribution is 2.29. The second kappa shape index (κ2) is 18.2. The molecule has 54 heavy (non-hydrogen) atoms. The molecule has 3 aromatic heterocycles. The average molecular weight is 808 g/mol. The Hall–Kier alpha value is -5.18. The fourth-order valence-corrected chi connectivity index (χ4v) is 6.27. The average Bonchev–Trinajstić information content (AvgIpc) is 3.09. The summed E-state index contributed by atoms with van der Waals surface area (Å²) in [7, 11) is -4.03. The number of nitrogens with zero attached hydrogens (tertiary/aromatic N) is 3. The first-order valence-electron chi connectivity index (χ1n) is 16.3. The zero-order chi connectivity index (χ0) is 39.7. The van der Waals surface area contributed by atoms with Gasteiger partial charge in [0.15, 0.2) is 10.8 Å². The van der Waals surface area contributed by atoms with E-state index in [2.05, 4.69) is 15.0 Å². The normalized spacial score (nSPS) is 11.2. The predicted molar refractivity (Wildman–Crippen MR) is 208 cm³/mol. The third kappa shape index (κ3) is 11.7. The third-order valence-corrected chi connectivity index (χ3v) is 9.20. The number of hydrogen-bond acceptors (Lipinski definition) is 10. The van der Waals surface area contributed by atoms with Crippen LogP contribution in [0.2, 0.25) is 10.3 Å². The molecule has 0 aliphatic heterocycles. The molecule has 0 spiro atoms. The maximum absolute atomic E-state index is 14.0. The number of carboxylic acid groups (broad SMARTS) is 1. The molecule has 0 atom stereocenters. The number of pyridine rings is 3. The van der Waals surface area contributed by atoms with Gasteiger partial charge < -0.3 is 20.3 Å². The maximum Gasteiger partial charge on any atom is 0.338 e. The number of aromatic carboxylic acids is 1. The summed E-state index contributed by atoms with van der Waals surface area (Å²) in [5, 5.41) is 8.29. The molecule has 0 saturated heterocycles. The Balaban J connectivity index is 0.000000575. The summed E-state index contributed by atoms with van der Waals surface area (Å²) >= 11 is 12.0. The summed E-state index contributed by atoms with van der Waals surface area (Å²) in [6.07, 6.45) is 0. The molecule has 5 rings (SSSR count). The minimum atomic E-state index is -4.03. The molecule has 0 aliphatic rings. The van der Waals surface area contributed by atoms with Crippen molar-refractivity contribution in [3.63, 3.8) is 0 Å². The van der Waals surface area contributed by atoms with Gasteiger partial charge in [0, 0.05) is 27.5 Å². The molecule has 0 radical (unpaired) electrons. The molecule has 0 amide bonds. The van der Waals surface area contributed by atoms with Crippen LogP contribution in [0.15, 0.2) is 83.9 Å². The predicted octanol–water partition coefficient (Wildman–Crippen LogP) is 9.22. The molecule has 3 heterocycles. The van der Waals surface area contributed by atoms with Crippen LogP contribution in [0, 0.1) is 23.5 Å². The second-order valence-corrected chi connectivity index (χ2v) is 15.4. The number of halogens is 4. The van der Waals surface area contributed by atoms with E-state index >= 15 is 0 Å². The van der Waals surface area contributed by atoms with Gasteiger partial charge in [-0.2, -0.15) is 0 Å². The van der Waals surface area contributed by atoms with Crippen LogP contribution in [0.25, 0.3) is 22.5 Å². The van der Waals surface area contributed by atoms with Crippen LogP contribution < -0.4 is 15.2 Å². The van der Waals surface area contributed by atoms with Crippen molar-refractivity contribution in [2.45, 2.75) is 32.7 Å². The van der Waals surface area contributed by atoms with Crippen LogP contribution in [0.5, 0.6) is 11.5 Å². The van der Waals surface area contributed by atoms with Gasteiger partial charge in [0.1, 0.15) is 45.0 Å². The van der Waals surface area contributed by atoms with Gasteiger partial charge in [0.25, 0.3) is 0 Å². The van der Waals surface area contributed by atoms with Gasteiger partial charge in [-0.1, -0.05) is 57.0 Å². The zero-order valence-electron chi connectivity index (χ0n) is 29.5. The minimum absolute atomic E-state index is 0. The van der Waals surface area contributed by atoms with Crippen molar-refractivity contribution in [3.8, 4) is 34.0 Å². The summed E-state index contributed by atoms with van der Waals surface area (Å²) in [6, 6.07) is 18.1. The molecule has 290 valence electrons. The van der Waals surface area contributed by atoms with Crippen LogP contribution in [0.3, 0.4) is 0 Å². The number of ether oxygens (including phenoxy) is 2. The highest BCUT2D eigenvalue weighted by Gasteiger charge is 2.24. The number of sulfone groups is 1. The number of hydrogen-bond donors (Lipinski definition) is 2. The number of carbonyl (C=O) groups excluding carboxylic acids is 1. The van der Waals surface area contributed by atoms with Crippen molar-refractivity contribution in [3.05, 3.63) is 112 Å². The Morgan fingerprint density at radius 3 is 1.67 bits per heavy atom. The van der Waals surface area contributed by atoms with Crippen LogP contribution in [0.4, 0.5) is 14.6 Å². The van der Waals surface area contributed by atoms with Crippen molar-refractivity contribution in [2.75, 3.05) is 24.7 Å². The Morgan fingerprint density at radius 2 is 1.24 bits per heavy atom. The number of benzene rings is 2. The lowest BCUT2D eigenvalue weighted by atomic mass is 10.1. The van der Waals surface area contributed by atoms with E-state index in [4.69, 9.17) is 43.5 Å². The first kappa shape index (κ1) is 41.6. The summed E-state index contributed by atoms with van der Waals surface area (Å²) in [5.41, 5.74) is 6.91. The molecule has 0 bridgehead atoms. The Bertz CT molecular complexity index is 2290. The molecular weight excluding hydrogens is 765 g/mol. The van der Waals surface area contributed by atoms with Gasteiger partial charge in [0.05, 0.1) is 35.7 Å². The molecular formula is C38H42Cl2F2N4O7S. The van der Waals surface area contributed by atoms with Crippen LogP contribution >= 0.6 is 23.2 Å². The molecule has 2 aromatic carbocycles. The van der Waals surface area contributed by atoms with Crippen molar-refractivity contribution in [1.29, 1.82) is 0 Å². The van der Waals surface area contributed by atoms with Crippen molar-refractivity contribution >= 4 is 50.6 Å². The monoisotopic (exact) mass is 806 g/mol. The molecule has 0 aliphatic carbocycles. The highest BCUT2D eigenvalue weighted by molar-refractivity contribution is 7.92. The Morgan fingerprint density at radius 1 is 0.759 bits per heavy atom. The molecule has 5 aromatic rings. The van der Waals surface area contributed by atoms with Gasteiger partial charge in [-0.3, -0.25) is 4.79 Å². The number of ketones is 1. The number of nitrogen functional groups attached to an aromatic ring is 1. The van der Waals surface area contributed by atoms with Gasteiger partial charge in [-0.25, -0.2) is 36.9 Å². The van der Waals surface area contributed by atoms with E-state index in [9.17, 15) is 26.8 Å². The van der Waals surface area contributed by atoms with E-state index in [1.165, 1.54) is 66.7 Å². The standard InChI is InChI=1S/C22H21ClFN3O4S.C16H15ClFNO3.3H2/c1-13(2)11-31-16-9-14(8-15(24)10-16)18-7-6-17(22(23)26-18)19(28)12-32(29,30)21-5-3-4-20(25)27-21;1-9(2)8-22-12-6-10(5-11(18)7-12)14-4-3-13(16(20)21)15(17)19-14;;;/h3-10,13H,11-12H2,1-2H3,(H2,25,27);3-7,9H,8H2,1-2H3,(H,20,21);3*1H. The minimum Gasteiger partial charge on any atom is -0.493 e. The number of nitrogens with two attached hydrogens (primary N) is 1. The fraction of sp³-hybridized carbons (Fsp3) is 0.237. The van der Waals surface area contributed by atoms with E-state index in [-0.39, 0.29) is 42.5 Å². The number of rotatable bonds is 13. The number of Topliss-reactive ketones (excluding diaryl/α,β-unsaturated/α-hetero) is 1. The van der Waals surface area contributed by atoms with E-state index in [0.717, 1.165) is 0 Å². The van der Waals surface area contributed by atoms with Gasteiger partial charge in [0.2, 0.25) is 9.84 Å². The summed E-state index contributed by atoms with van der Waals surface area (Å²) < 4.78 is 63.8. The summed E-state index contributed by atoms with van der Waals surface area (Å²) in [4.78, 5) is 35.4. The third-order valence-electron chi connectivity index (χ3n) is 7.11. The molecule has 11 nitrogen and oxygen atoms in total. The van der Waals surface area contributed by atoms with Crippen LogP contribution in [-0.4, -0.2) is 59.2 Å². The molecule has 0 saturated carbocycles. The first-order valence-corrected chi connectivity index (χ1v) is 18.7. The largest absolute Gasteiger partial charge is 0.493 e. The lowest BCUT2D eigenvalue weighted by Crippen LogP contribution is -2.18. The number of anilines is 1. The molecule has 16 heteroatoms. The van der Waals surface area contributed by atoms with E-state index in [0.29, 0.717) is 53.1 Å². The van der Waals surface area contributed by atoms with E-state index < -0.39 is 39.0 Å². The van der Waals surface area contributed by atoms with Crippen molar-refractivity contribution < 1.29 is 45.6 Å². The van der Waals surface area contributed by atoms with Crippen LogP contribution in [0.1, 0.15) is 52.7 Å². The SMILES string of the molecule is CC(C)COc1cc(F)cc(-c2ccc(C(=O)CS(=O)(=O)c3cccc(N)n3)c(Cl)n2)c1.CC(C)COc1cc(F)cc(-c2ccc(C(=O)O)c(Cl)n2)c1.[HH].[HH].[HH]. The number of carbonyl (C=O) groups is 2. The molecule has 0 fully saturated rings. The maximum atomic E-state index is 14.0. The Labute approximate surface area is 325 Å². The second-order valence-electron chi connectivity index (χ2n) is 12.7. The molecule has 3 N–H and O–H groups in total. The van der Waals surface area contributed by atoms with Gasteiger partial charge >= 0.3 is 5.97 Å². The van der Waals surface area contributed by atoms with Gasteiger partial charge in [-0.15, -0.1) is 0 Å². The fourth-order valence-electron chi connectivity index (χ4n) is 4.60. The number of aromatic nitrogens is 3. The Kier molecular flexibility index (Phi) is 14.0. The van der Waals surface area contributed by atoms with Crippen LogP contribution in [-0.2, 0) is 9.84 Å². The molecule has 0 unspecified atom stereocenters. The topological polar surface area (TPSA) is 172 Å². The van der Waals surface area contributed by atoms with E-state index in [1.807, 2.05) is 27.7 Å². The zero-order valence-corrected chi connectivity index (χ0v) is 31.8. The number of carboxylic acids is 1. The summed E-state index contributed by atoms with van der Waals surface area (Å²) in [6.45, 7) is 8.81. The quantitative estimate of drug-likeness (QED) is 0.0858. The van der Waals surface area contributed by atoms with Crippen molar-refractivity contribution in [2.24, 2.45) is 11.8 Å². The smallest absolute Gasteiger partial charge is 0.338 e. The first-order chi connectivity index (χ1) is 25.4. The van der Waals surface area contributed by atoms with Gasteiger partial charge in [-0.05, 0) is 72.5 Å². The van der Waals surface area contributed by atoms with E-state index in [1.54, 1.807) is 12.1 Å². The highest BCUT2D eigenvalue weighted by atomic mass is 35.5. The summed E-state index contributed by atoms with van der Waals surface area (Å²) in [5.74, 6) is -2.41. The van der Waals surface area contributed by atoms with Crippen molar-refractivity contribution in [1.82, 2.24) is 15.0 Å². The lowest BCUT2D eigenvalue weighted by molar-refractivity contribution is 0.0696.